The average molecular weight is 704 g/mol. The SMILES string of the molecule is CC1C=C(N2c3ccccc3C3C=CC=C(C4=CC=CC5O[C@@H]6C=CC(c7ccccc7)=CC6C6(C7=C(CC(C)C=C7)Oc7ccccc76)[C@H]45)C32)C=CC1. The van der Waals surface area contributed by atoms with Crippen molar-refractivity contribution < 1.29 is 9.47 Å². The Balaban J connectivity index is 1.15. The fraction of sp³-hybridized carbons (Fsp3) is 0.255. The van der Waals surface area contributed by atoms with E-state index in [2.05, 4.69) is 183 Å². The Morgan fingerprint density at radius 2 is 1.54 bits per heavy atom. The quantitative estimate of drug-likeness (QED) is 0.271. The Kier molecular flexibility index (Phi) is 7.33. The average Bonchev–Trinajstić information content (AvgIpc) is 3.55. The smallest absolute Gasteiger partial charge is 0.131 e. The molecule has 1 spiro atoms. The molecule has 0 bridgehead atoms. The topological polar surface area (TPSA) is 21.7 Å². The van der Waals surface area contributed by atoms with Gasteiger partial charge in [-0.1, -0.05) is 160 Å². The van der Waals surface area contributed by atoms with Gasteiger partial charge in [-0.05, 0) is 64.3 Å². The van der Waals surface area contributed by atoms with Gasteiger partial charge in [-0.15, -0.1) is 0 Å². The van der Waals surface area contributed by atoms with Gasteiger partial charge in [-0.3, -0.25) is 0 Å². The van der Waals surface area contributed by atoms with Crippen LogP contribution < -0.4 is 9.64 Å². The minimum atomic E-state index is -0.456. The lowest BCUT2D eigenvalue weighted by Gasteiger charge is -2.59. The molecule has 3 heteroatoms. The largest absolute Gasteiger partial charge is 0.461 e. The summed E-state index contributed by atoms with van der Waals surface area (Å²) in [5.41, 5.74) is 11.4. The van der Waals surface area contributed by atoms with Crippen LogP contribution in [0.3, 0.4) is 0 Å². The number of nitrogens with zero attached hydrogens (tertiary/aromatic N) is 1. The first-order valence-corrected chi connectivity index (χ1v) is 19.9. The monoisotopic (exact) mass is 703 g/mol. The maximum atomic E-state index is 7.35. The number of anilines is 1. The third-order valence-electron chi connectivity index (χ3n) is 13.2. The molecule has 1 saturated heterocycles. The highest BCUT2D eigenvalue weighted by Gasteiger charge is 2.63. The molecular formula is C51H45NO2. The van der Waals surface area contributed by atoms with Crippen LogP contribution in [0.4, 0.5) is 5.69 Å². The number of hydrogen-bond donors (Lipinski definition) is 0. The third kappa shape index (κ3) is 4.64. The van der Waals surface area contributed by atoms with Crippen molar-refractivity contribution in [3.05, 3.63) is 209 Å². The molecule has 9 atom stereocenters. The fourth-order valence-electron chi connectivity index (χ4n) is 11.1. The van der Waals surface area contributed by atoms with E-state index in [-0.39, 0.29) is 36.0 Å². The molecule has 0 amide bonds. The molecule has 11 rings (SSSR count). The molecule has 0 radical (unpaired) electrons. The lowest BCUT2D eigenvalue weighted by molar-refractivity contribution is -0.0875. The van der Waals surface area contributed by atoms with Gasteiger partial charge < -0.3 is 14.4 Å². The molecule has 266 valence electrons. The summed E-state index contributed by atoms with van der Waals surface area (Å²) >= 11 is 0. The molecule has 3 nitrogen and oxygen atoms in total. The Hall–Kier alpha value is -5.38. The van der Waals surface area contributed by atoms with Crippen LogP contribution >= 0.6 is 0 Å². The summed E-state index contributed by atoms with van der Waals surface area (Å²) in [5.74, 6) is 3.24. The highest BCUT2D eigenvalue weighted by Crippen LogP contribution is 2.64. The number of fused-ring (bicyclic) bond motifs is 10. The predicted molar refractivity (Wildman–Crippen MR) is 219 cm³/mol. The number of benzene rings is 3. The highest BCUT2D eigenvalue weighted by molar-refractivity contribution is 5.78. The van der Waals surface area contributed by atoms with E-state index in [1.807, 2.05) is 0 Å². The normalized spacial score (nSPS) is 33.7. The van der Waals surface area contributed by atoms with E-state index < -0.39 is 5.41 Å². The second kappa shape index (κ2) is 12.3. The minimum absolute atomic E-state index is 0.00427. The van der Waals surface area contributed by atoms with E-state index in [4.69, 9.17) is 9.47 Å². The molecule has 3 aliphatic heterocycles. The fourth-order valence-corrected chi connectivity index (χ4v) is 11.1. The van der Waals surface area contributed by atoms with Crippen LogP contribution in [0.15, 0.2) is 192 Å². The molecule has 0 N–H and O–H groups in total. The summed E-state index contributed by atoms with van der Waals surface area (Å²) in [7, 11) is 0. The van der Waals surface area contributed by atoms with Crippen LogP contribution in [-0.2, 0) is 10.2 Å². The summed E-state index contributed by atoms with van der Waals surface area (Å²) in [5, 5.41) is 0. The van der Waals surface area contributed by atoms with Crippen molar-refractivity contribution >= 4 is 11.3 Å². The lowest BCUT2D eigenvalue weighted by atomic mass is 9.49. The van der Waals surface area contributed by atoms with Gasteiger partial charge in [-0.25, -0.2) is 0 Å². The maximum Gasteiger partial charge on any atom is 0.131 e. The van der Waals surface area contributed by atoms with Crippen LogP contribution in [0.25, 0.3) is 5.57 Å². The molecule has 0 aromatic heterocycles. The number of allylic oxidation sites excluding steroid dienone is 13. The predicted octanol–water partition coefficient (Wildman–Crippen LogP) is 11.3. The van der Waals surface area contributed by atoms with Gasteiger partial charge in [0.15, 0.2) is 0 Å². The Bertz CT molecular complexity index is 2380. The Morgan fingerprint density at radius 3 is 2.44 bits per heavy atom. The second-order valence-electron chi connectivity index (χ2n) is 16.4. The van der Waals surface area contributed by atoms with Crippen LogP contribution in [-0.4, -0.2) is 18.2 Å². The molecule has 8 aliphatic rings. The maximum absolute atomic E-state index is 7.35. The minimum Gasteiger partial charge on any atom is -0.461 e. The van der Waals surface area contributed by atoms with E-state index in [9.17, 15) is 0 Å². The molecule has 5 aliphatic carbocycles. The van der Waals surface area contributed by atoms with E-state index in [0.717, 1.165) is 24.4 Å². The molecule has 3 heterocycles. The summed E-state index contributed by atoms with van der Waals surface area (Å²) in [4.78, 5) is 2.65. The number of ether oxygens (including phenoxy) is 2. The zero-order valence-electron chi connectivity index (χ0n) is 30.9. The van der Waals surface area contributed by atoms with Crippen molar-refractivity contribution in [2.24, 2.45) is 23.7 Å². The molecule has 7 unspecified atom stereocenters. The lowest BCUT2D eigenvalue weighted by Crippen LogP contribution is -2.60. The molecule has 54 heavy (non-hydrogen) atoms. The Morgan fingerprint density at radius 1 is 0.722 bits per heavy atom. The highest BCUT2D eigenvalue weighted by atomic mass is 16.5. The molecule has 3 aromatic rings. The van der Waals surface area contributed by atoms with Crippen LogP contribution in [0, 0.1) is 23.7 Å². The Labute approximate surface area is 319 Å². The van der Waals surface area contributed by atoms with Crippen molar-refractivity contribution in [1.82, 2.24) is 0 Å². The van der Waals surface area contributed by atoms with Crippen molar-refractivity contribution in [2.45, 2.75) is 56.3 Å². The van der Waals surface area contributed by atoms with Gasteiger partial charge in [0, 0.05) is 52.1 Å². The van der Waals surface area contributed by atoms with Gasteiger partial charge in [0.2, 0.25) is 0 Å². The summed E-state index contributed by atoms with van der Waals surface area (Å²) in [6, 6.07) is 28.9. The number of hydrogen-bond acceptors (Lipinski definition) is 3. The first-order chi connectivity index (χ1) is 26.6. The van der Waals surface area contributed by atoms with Gasteiger partial charge in [0.25, 0.3) is 0 Å². The van der Waals surface area contributed by atoms with Crippen LogP contribution in [0.2, 0.25) is 0 Å². The van der Waals surface area contributed by atoms with E-state index in [0.29, 0.717) is 11.8 Å². The van der Waals surface area contributed by atoms with E-state index in [1.54, 1.807) is 0 Å². The van der Waals surface area contributed by atoms with Crippen molar-refractivity contribution in [2.75, 3.05) is 4.90 Å². The van der Waals surface area contributed by atoms with Gasteiger partial charge in [0.1, 0.15) is 11.5 Å². The summed E-state index contributed by atoms with van der Waals surface area (Å²) in [6.45, 7) is 4.64. The van der Waals surface area contributed by atoms with E-state index in [1.165, 1.54) is 50.4 Å². The zero-order chi connectivity index (χ0) is 36.0. The number of para-hydroxylation sites is 2. The molecule has 0 saturated carbocycles. The van der Waals surface area contributed by atoms with E-state index >= 15 is 0 Å². The number of rotatable bonds is 3. The molecule has 1 fully saturated rings. The van der Waals surface area contributed by atoms with Gasteiger partial charge in [-0.2, -0.15) is 0 Å². The van der Waals surface area contributed by atoms with Crippen molar-refractivity contribution in [3.8, 4) is 5.75 Å². The first kappa shape index (κ1) is 32.1. The second-order valence-corrected chi connectivity index (χ2v) is 16.4. The molecular weight excluding hydrogens is 659 g/mol. The van der Waals surface area contributed by atoms with Crippen LogP contribution in [0.5, 0.6) is 5.75 Å². The summed E-state index contributed by atoms with van der Waals surface area (Å²) in [6.07, 6.45) is 35.1. The zero-order valence-corrected chi connectivity index (χ0v) is 30.9. The summed E-state index contributed by atoms with van der Waals surface area (Å²) < 4.78 is 14.3. The van der Waals surface area contributed by atoms with Crippen molar-refractivity contribution in [1.29, 1.82) is 0 Å². The van der Waals surface area contributed by atoms with Gasteiger partial charge in [0.05, 0.1) is 18.2 Å². The van der Waals surface area contributed by atoms with Gasteiger partial charge >= 0.3 is 0 Å². The third-order valence-corrected chi connectivity index (χ3v) is 13.2. The molecule has 3 aromatic carbocycles. The standard InChI is InChI=1S/C51H45NO2/c1-32-13-10-16-36(29-32)52-44-22-8-6-17-37(44)39-19-11-20-40(50(39)52)38-18-12-24-47-49(38)51(43-31-35(26-28-46(43)53-47)34-14-4-3-5-15-34)41-21-7-9-23-45(41)54-48-30-33(2)25-27-42(48)51/h3-12,14-29,31-33,39,43,46-47,49-50H,13,30H2,1-2H3/t32?,33?,39?,43?,46-,47?,49-,50?,51?/m1/s1. The first-order valence-electron chi connectivity index (χ1n) is 19.9. The van der Waals surface area contributed by atoms with Crippen molar-refractivity contribution in [3.63, 3.8) is 0 Å². The van der Waals surface area contributed by atoms with Crippen LogP contribution in [0.1, 0.15) is 49.3 Å².